The van der Waals surface area contributed by atoms with Crippen LogP contribution in [0.15, 0.2) is 42.7 Å². The number of pyridine rings is 1. The first kappa shape index (κ1) is 23.8. The summed E-state index contributed by atoms with van der Waals surface area (Å²) in [6.07, 6.45) is 3.40. The highest BCUT2D eigenvalue weighted by molar-refractivity contribution is 6.07. The van der Waals surface area contributed by atoms with Gasteiger partial charge in [-0.2, -0.15) is 0 Å². The van der Waals surface area contributed by atoms with Crippen LogP contribution in [0.1, 0.15) is 37.7 Å². The van der Waals surface area contributed by atoms with Crippen molar-refractivity contribution in [3.63, 3.8) is 0 Å². The maximum absolute atomic E-state index is 12.9. The minimum Gasteiger partial charge on any atom is -0.493 e. The van der Waals surface area contributed by atoms with E-state index < -0.39 is 11.9 Å². The maximum Gasteiger partial charge on any atom is 0.340 e. The van der Waals surface area contributed by atoms with E-state index in [4.69, 9.17) is 18.9 Å². The number of carbonyl (C=O) groups excluding carboxylic acids is 2. The van der Waals surface area contributed by atoms with E-state index in [2.05, 4.69) is 15.3 Å². The van der Waals surface area contributed by atoms with E-state index >= 15 is 0 Å². The number of anilines is 1. The number of aromatic amines is 1. The smallest absolute Gasteiger partial charge is 0.340 e. The third-order valence-corrected chi connectivity index (χ3v) is 4.93. The maximum atomic E-state index is 12.9. The number of H-pyrrole nitrogens is 1. The number of hydrogen-bond donors (Lipinski definition) is 2. The second-order valence-electron chi connectivity index (χ2n) is 7.22. The number of aryl methyl sites for hydroxylation is 1. The molecule has 3 aromatic rings. The van der Waals surface area contributed by atoms with Crippen molar-refractivity contribution in [2.24, 2.45) is 0 Å². The summed E-state index contributed by atoms with van der Waals surface area (Å²) in [6.45, 7) is 4.14. The number of amides is 1. The third kappa shape index (κ3) is 5.89. The highest BCUT2D eigenvalue weighted by atomic mass is 16.6. The molecule has 0 aliphatic carbocycles. The van der Waals surface area contributed by atoms with E-state index in [9.17, 15) is 9.59 Å². The van der Waals surface area contributed by atoms with E-state index in [0.717, 1.165) is 5.56 Å². The van der Waals surface area contributed by atoms with Gasteiger partial charge in [0.25, 0.3) is 5.91 Å². The molecule has 9 nitrogen and oxygen atoms in total. The number of benzene rings is 1. The lowest BCUT2D eigenvalue weighted by Crippen LogP contribution is -2.15. The van der Waals surface area contributed by atoms with Crippen LogP contribution in [0.25, 0.3) is 0 Å². The molecule has 174 valence electrons. The molecular formula is C24H27N3O6. The van der Waals surface area contributed by atoms with Crippen molar-refractivity contribution in [2.75, 3.05) is 32.8 Å². The molecule has 3 rings (SSSR count). The number of ether oxygens (including phenoxy) is 4. The molecule has 0 saturated carbocycles. The van der Waals surface area contributed by atoms with E-state index in [1.165, 1.54) is 7.11 Å². The van der Waals surface area contributed by atoms with E-state index in [1.54, 1.807) is 51.6 Å². The van der Waals surface area contributed by atoms with Crippen LogP contribution in [0.5, 0.6) is 11.5 Å². The summed E-state index contributed by atoms with van der Waals surface area (Å²) in [5, 5.41) is 2.83. The van der Waals surface area contributed by atoms with Crippen molar-refractivity contribution in [3.8, 4) is 11.5 Å². The Morgan fingerprint density at radius 3 is 2.61 bits per heavy atom. The molecule has 0 fully saturated rings. The number of methoxy groups -OCH3 is 2. The lowest BCUT2D eigenvalue weighted by molar-refractivity contribution is 0.0386. The molecule has 2 N–H and O–H groups in total. The Bertz CT molecular complexity index is 1110. The molecule has 0 radical (unpaired) electrons. The van der Waals surface area contributed by atoms with Crippen LogP contribution < -0.4 is 14.8 Å². The van der Waals surface area contributed by atoms with Crippen LogP contribution in [0, 0.1) is 13.8 Å². The van der Waals surface area contributed by atoms with Crippen molar-refractivity contribution in [3.05, 3.63) is 70.8 Å². The number of carbonyl (C=O) groups is 2. The summed E-state index contributed by atoms with van der Waals surface area (Å²) >= 11 is 0. The largest absolute Gasteiger partial charge is 0.493 e. The zero-order chi connectivity index (χ0) is 23.8. The molecule has 0 spiro atoms. The third-order valence-electron chi connectivity index (χ3n) is 4.93. The van der Waals surface area contributed by atoms with Gasteiger partial charge in [0.2, 0.25) is 0 Å². The van der Waals surface area contributed by atoms with Gasteiger partial charge >= 0.3 is 5.97 Å². The lowest BCUT2D eigenvalue weighted by Gasteiger charge is -2.13. The van der Waals surface area contributed by atoms with Crippen LogP contribution in [0.4, 0.5) is 5.69 Å². The van der Waals surface area contributed by atoms with E-state index in [-0.39, 0.29) is 12.3 Å². The molecule has 0 aliphatic heterocycles. The molecule has 1 aromatic carbocycles. The van der Waals surface area contributed by atoms with Gasteiger partial charge in [-0.15, -0.1) is 0 Å². The van der Waals surface area contributed by atoms with Gasteiger partial charge in [0.05, 0.1) is 19.3 Å². The van der Waals surface area contributed by atoms with Crippen LogP contribution in [-0.4, -0.2) is 49.3 Å². The van der Waals surface area contributed by atoms with Crippen molar-refractivity contribution >= 4 is 17.6 Å². The van der Waals surface area contributed by atoms with Crippen molar-refractivity contribution in [2.45, 2.75) is 20.5 Å². The molecular weight excluding hydrogens is 426 g/mol. The van der Waals surface area contributed by atoms with Gasteiger partial charge in [-0.25, -0.2) is 4.79 Å². The Morgan fingerprint density at radius 2 is 1.91 bits per heavy atom. The first-order chi connectivity index (χ1) is 15.9. The standard InChI is InChI=1S/C24H27N3O6/c1-15-21(24(29)32-11-10-30-3)16(2)26-22(15)23(28)27-18-7-8-19(31-4)20(12-18)33-14-17-6-5-9-25-13-17/h5-9,12-13,26H,10-11,14H2,1-4H3,(H,27,28). The number of nitrogens with one attached hydrogen (secondary N) is 2. The molecule has 0 unspecified atom stereocenters. The Morgan fingerprint density at radius 1 is 1.09 bits per heavy atom. The van der Waals surface area contributed by atoms with Gasteiger partial charge in [0.15, 0.2) is 11.5 Å². The van der Waals surface area contributed by atoms with E-state index in [1.807, 2.05) is 12.1 Å². The summed E-state index contributed by atoms with van der Waals surface area (Å²) < 4.78 is 21.3. The highest BCUT2D eigenvalue weighted by Gasteiger charge is 2.23. The number of hydrogen-bond acceptors (Lipinski definition) is 7. The Kier molecular flexibility index (Phi) is 8.04. The number of esters is 1. The lowest BCUT2D eigenvalue weighted by atomic mass is 10.1. The Balaban J connectivity index is 1.74. The molecule has 0 atom stereocenters. The predicted octanol–water partition coefficient (Wildman–Crippen LogP) is 3.67. The minimum absolute atomic E-state index is 0.134. The summed E-state index contributed by atoms with van der Waals surface area (Å²) in [4.78, 5) is 32.4. The van der Waals surface area contributed by atoms with Gasteiger partial charge in [0, 0.05) is 42.5 Å². The van der Waals surface area contributed by atoms with Gasteiger partial charge < -0.3 is 29.2 Å². The first-order valence-corrected chi connectivity index (χ1v) is 10.3. The normalized spacial score (nSPS) is 10.5. The average molecular weight is 453 g/mol. The second-order valence-corrected chi connectivity index (χ2v) is 7.22. The number of rotatable bonds is 10. The fourth-order valence-electron chi connectivity index (χ4n) is 3.28. The summed E-state index contributed by atoms with van der Waals surface area (Å²) in [6, 6.07) is 8.82. The average Bonchev–Trinajstić information content (AvgIpc) is 3.12. The van der Waals surface area contributed by atoms with Gasteiger partial charge in [-0.3, -0.25) is 9.78 Å². The first-order valence-electron chi connectivity index (χ1n) is 10.3. The van der Waals surface area contributed by atoms with Crippen LogP contribution in [-0.2, 0) is 16.1 Å². The van der Waals surface area contributed by atoms with Crippen LogP contribution in [0.3, 0.4) is 0 Å². The fraction of sp³-hybridized carbons (Fsp3) is 0.292. The minimum atomic E-state index is -0.507. The summed E-state index contributed by atoms with van der Waals surface area (Å²) in [5.74, 6) is 0.105. The molecule has 33 heavy (non-hydrogen) atoms. The fourth-order valence-corrected chi connectivity index (χ4v) is 3.28. The van der Waals surface area contributed by atoms with Crippen LogP contribution in [0.2, 0.25) is 0 Å². The molecule has 0 aliphatic rings. The monoisotopic (exact) mass is 453 g/mol. The Labute approximate surface area is 192 Å². The number of nitrogens with zero attached hydrogens (tertiary/aromatic N) is 1. The van der Waals surface area contributed by atoms with Crippen molar-refractivity contribution in [1.29, 1.82) is 0 Å². The number of aromatic nitrogens is 2. The second kappa shape index (κ2) is 11.1. The molecule has 1 amide bonds. The molecule has 2 heterocycles. The van der Waals surface area contributed by atoms with E-state index in [0.29, 0.717) is 47.2 Å². The highest BCUT2D eigenvalue weighted by Crippen LogP contribution is 2.31. The molecule has 9 heteroatoms. The van der Waals surface area contributed by atoms with Gasteiger partial charge in [0.1, 0.15) is 18.9 Å². The van der Waals surface area contributed by atoms with Crippen molar-refractivity contribution < 1.29 is 28.5 Å². The SMILES string of the molecule is COCCOC(=O)c1c(C)[nH]c(C(=O)Nc2ccc(OC)c(OCc3cccnc3)c2)c1C. The molecule has 0 bridgehead atoms. The van der Waals surface area contributed by atoms with Crippen LogP contribution >= 0.6 is 0 Å². The van der Waals surface area contributed by atoms with Crippen molar-refractivity contribution in [1.82, 2.24) is 9.97 Å². The zero-order valence-corrected chi connectivity index (χ0v) is 19.1. The Hall–Kier alpha value is -3.85. The quantitative estimate of drug-likeness (QED) is 0.356. The van der Waals surface area contributed by atoms with Gasteiger partial charge in [-0.05, 0) is 37.6 Å². The summed E-state index contributed by atoms with van der Waals surface area (Å²) in [7, 11) is 3.07. The summed E-state index contributed by atoms with van der Waals surface area (Å²) in [5.41, 5.74) is 3.09. The van der Waals surface area contributed by atoms with Gasteiger partial charge in [-0.1, -0.05) is 6.07 Å². The topological polar surface area (TPSA) is 112 Å². The molecule has 2 aromatic heterocycles. The predicted molar refractivity (Wildman–Crippen MR) is 122 cm³/mol. The zero-order valence-electron chi connectivity index (χ0n) is 19.1. The molecule has 0 saturated heterocycles.